The van der Waals surface area contributed by atoms with Crippen molar-refractivity contribution >= 4 is 12.0 Å². The Morgan fingerprint density at radius 1 is 1.15 bits per heavy atom. The van der Waals surface area contributed by atoms with Crippen LogP contribution in [-0.4, -0.2) is 50.0 Å². The smallest absolute Gasteiger partial charge is 0.408 e. The second-order valence-electron chi connectivity index (χ2n) is 6.91. The quantitative estimate of drug-likeness (QED) is 0.655. The van der Waals surface area contributed by atoms with Gasteiger partial charge in [-0.05, 0) is 33.3 Å². The van der Waals surface area contributed by atoms with Gasteiger partial charge in [0.15, 0.2) is 0 Å². The third-order valence-electron chi connectivity index (χ3n) is 3.39. The molecule has 0 heterocycles. The standard InChI is InChI=1S/C19H30N2O5/c1-14(25-13-15-9-7-6-8-10-15)16(17(22)20-11-12-24-5)21-18(23)26-19(2,3)4/h6-10,14,16H,11-13H2,1-5H3,(H,20,22)(H,21,23)/t14-,16-/m1/s1. The second kappa shape index (κ2) is 10.8. The summed E-state index contributed by atoms with van der Waals surface area (Å²) in [4.78, 5) is 24.5. The third-order valence-corrected chi connectivity index (χ3v) is 3.39. The first kappa shape index (κ1) is 21.9. The van der Waals surface area contributed by atoms with Crippen LogP contribution in [0.1, 0.15) is 33.3 Å². The largest absolute Gasteiger partial charge is 0.444 e. The van der Waals surface area contributed by atoms with Gasteiger partial charge in [-0.15, -0.1) is 0 Å². The number of hydrogen-bond acceptors (Lipinski definition) is 5. The maximum Gasteiger partial charge on any atom is 0.408 e. The maximum absolute atomic E-state index is 12.5. The van der Waals surface area contributed by atoms with E-state index in [1.165, 1.54) is 0 Å². The highest BCUT2D eigenvalue weighted by molar-refractivity contribution is 5.86. The van der Waals surface area contributed by atoms with E-state index in [4.69, 9.17) is 14.2 Å². The topological polar surface area (TPSA) is 85.9 Å². The molecule has 0 aromatic heterocycles. The molecule has 1 aromatic carbocycles. The van der Waals surface area contributed by atoms with Gasteiger partial charge in [0.1, 0.15) is 11.6 Å². The number of benzene rings is 1. The Bertz CT molecular complexity index is 557. The van der Waals surface area contributed by atoms with Crippen LogP contribution in [0.15, 0.2) is 30.3 Å². The predicted molar refractivity (Wildman–Crippen MR) is 98.7 cm³/mol. The molecule has 2 amide bonds. The van der Waals surface area contributed by atoms with Crippen LogP contribution in [0.3, 0.4) is 0 Å². The van der Waals surface area contributed by atoms with Gasteiger partial charge in [-0.1, -0.05) is 30.3 Å². The molecule has 0 aliphatic carbocycles. The van der Waals surface area contributed by atoms with Gasteiger partial charge >= 0.3 is 6.09 Å². The van der Waals surface area contributed by atoms with Gasteiger partial charge in [-0.3, -0.25) is 4.79 Å². The average molecular weight is 366 g/mol. The lowest BCUT2D eigenvalue weighted by Gasteiger charge is -2.27. The summed E-state index contributed by atoms with van der Waals surface area (Å²) in [6.07, 6.45) is -1.22. The van der Waals surface area contributed by atoms with Crippen molar-refractivity contribution in [1.29, 1.82) is 0 Å². The fraction of sp³-hybridized carbons (Fsp3) is 0.579. The molecule has 0 saturated carbocycles. The molecule has 7 nitrogen and oxygen atoms in total. The molecular weight excluding hydrogens is 336 g/mol. The van der Waals surface area contributed by atoms with Crippen LogP contribution in [0.5, 0.6) is 0 Å². The summed E-state index contributed by atoms with van der Waals surface area (Å²) >= 11 is 0. The molecule has 26 heavy (non-hydrogen) atoms. The molecule has 0 aliphatic rings. The van der Waals surface area contributed by atoms with Gasteiger partial charge in [-0.25, -0.2) is 4.79 Å². The Morgan fingerprint density at radius 3 is 2.38 bits per heavy atom. The fourth-order valence-corrected chi connectivity index (χ4v) is 2.11. The predicted octanol–water partition coefficient (Wildman–Crippen LogP) is 2.25. The Morgan fingerprint density at radius 2 is 1.81 bits per heavy atom. The molecule has 0 bridgehead atoms. The van der Waals surface area contributed by atoms with E-state index in [9.17, 15) is 9.59 Å². The molecule has 0 aliphatic heterocycles. The average Bonchev–Trinajstić information content (AvgIpc) is 2.57. The van der Waals surface area contributed by atoms with Crippen LogP contribution in [0.2, 0.25) is 0 Å². The molecule has 1 rings (SSSR count). The van der Waals surface area contributed by atoms with Crippen molar-refractivity contribution in [3.05, 3.63) is 35.9 Å². The zero-order chi connectivity index (χ0) is 19.6. The van der Waals surface area contributed by atoms with E-state index < -0.39 is 23.8 Å². The molecule has 0 fully saturated rings. The summed E-state index contributed by atoms with van der Waals surface area (Å²) in [6.45, 7) is 8.07. The van der Waals surface area contributed by atoms with Crippen LogP contribution >= 0.6 is 0 Å². The van der Waals surface area contributed by atoms with Crippen LogP contribution < -0.4 is 10.6 Å². The summed E-state index contributed by atoms with van der Waals surface area (Å²) in [6, 6.07) is 8.73. The van der Waals surface area contributed by atoms with Gasteiger partial charge in [0.05, 0.1) is 19.3 Å². The zero-order valence-corrected chi connectivity index (χ0v) is 16.2. The minimum absolute atomic E-state index is 0.333. The number of rotatable bonds is 9. The molecule has 0 radical (unpaired) electrons. The normalized spacial score (nSPS) is 13.6. The summed E-state index contributed by atoms with van der Waals surface area (Å²) in [7, 11) is 1.55. The van der Waals surface area contributed by atoms with E-state index in [1.54, 1.807) is 34.8 Å². The van der Waals surface area contributed by atoms with Crippen molar-refractivity contribution in [2.45, 2.75) is 52.0 Å². The first-order chi connectivity index (χ1) is 12.2. The van der Waals surface area contributed by atoms with Gasteiger partial charge in [0.2, 0.25) is 5.91 Å². The highest BCUT2D eigenvalue weighted by atomic mass is 16.6. The van der Waals surface area contributed by atoms with Crippen molar-refractivity contribution in [2.75, 3.05) is 20.3 Å². The third kappa shape index (κ3) is 8.82. The number of methoxy groups -OCH3 is 1. The number of alkyl carbamates (subject to hydrolysis) is 1. The highest BCUT2D eigenvalue weighted by Crippen LogP contribution is 2.10. The van der Waals surface area contributed by atoms with E-state index in [-0.39, 0.29) is 5.91 Å². The first-order valence-electron chi connectivity index (χ1n) is 8.64. The van der Waals surface area contributed by atoms with E-state index >= 15 is 0 Å². The van der Waals surface area contributed by atoms with Crippen LogP contribution in [0.4, 0.5) is 4.79 Å². The summed E-state index contributed by atoms with van der Waals surface area (Å²) < 4.78 is 16.0. The molecule has 0 saturated heterocycles. The Kier molecular flexibility index (Phi) is 9.09. The van der Waals surface area contributed by atoms with Crippen molar-refractivity contribution in [2.24, 2.45) is 0 Å². The van der Waals surface area contributed by atoms with Crippen molar-refractivity contribution in [3.8, 4) is 0 Å². The number of amides is 2. The van der Waals surface area contributed by atoms with Crippen LogP contribution in [0.25, 0.3) is 0 Å². The minimum atomic E-state index is -0.884. The number of hydrogen-bond donors (Lipinski definition) is 2. The molecular formula is C19H30N2O5. The van der Waals surface area contributed by atoms with Gasteiger partial charge in [-0.2, -0.15) is 0 Å². The lowest BCUT2D eigenvalue weighted by atomic mass is 10.1. The lowest BCUT2D eigenvalue weighted by Crippen LogP contribution is -2.54. The minimum Gasteiger partial charge on any atom is -0.444 e. The van der Waals surface area contributed by atoms with Crippen LogP contribution in [0, 0.1) is 0 Å². The van der Waals surface area contributed by atoms with E-state index in [0.29, 0.717) is 19.8 Å². The summed E-state index contributed by atoms with van der Waals surface area (Å²) in [5.74, 6) is -0.353. The van der Waals surface area contributed by atoms with Crippen molar-refractivity contribution in [1.82, 2.24) is 10.6 Å². The molecule has 0 unspecified atom stereocenters. The summed E-state index contributed by atoms with van der Waals surface area (Å²) in [5.41, 5.74) is 0.324. The highest BCUT2D eigenvalue weighted by Gasteiger charge is 2.29. The molecule has 2 atom stereocenters. The fourth-order valence-electron chi connectivity index (χ4n) is 2.11. The van der Waals surface area contributed by atoms with Crippen molar-refractivity contribution in [3.63, 3.8) is 0 Å². The monoisotopic (exact) mass is 366 g/mol. The van der Waals surface area contributed by atoms with Gasteiger partial charge in [0, 0.05) is 13.7 Å². The zero-order valence-electron chi connectivity index (χ0n) is 16.2. The Hall–Kier alpha value is -2.12. The van der Waals surface area contributed by atoms with Gasteiger partial charge in [0.25, 0.3) is 0 Å². The van der Waals surface area contributed by atoms with Crippen molar-refractivity contribution < 1.29 is 23.8 Å². The number of nitrogens with one attached hydrogen (secondary N) is 2. The van der Waals surface area contributed by atoms with Crippen LogP contribution in [-0.2, 0) is 25.6 Å². The van der Waals surface area contributed by atoms with E-state index in [0.717, 1.165) is 5.56 Å². The number of carbonyl (C=O) groups excluding carboxylic acids is 2. The molecule has 7 heteroatoms. The van der Waals surface area contributed by atoms with Gasteiger partial charge < -0.3 is 24.8 Å². The van der Waals surface area contributed by atoms with E-state index in [1.807, 2.05) is 30.3 Å². The Labute approximate surface area is 155 Å². The van der Waals surface area contributed by atoms with E-state index in [2.05, 4.69) is 10.6 Å². The Balaban J connectivity index is 2.71. The summed E-state index contributed by atoms with van der Waals surface area (Å²) in [5, 5.41) is 5.31. The lowest BCUT2D eigenvalue weighted by molar-refractivity contribution is -0.127. The second-order valence-corrected chi connectivity index (χ2v) is 6.91. The molecule has 0 spiro atoms. The molecule has 146 valence electrons. The SMILES string of the molecule is COCCNC(=O)[C@H](NC(=O)OC(C)(C)C)[C@@H](C)OCc1ccccc1. The molecule has 2 N–H and O–H groups in total. The molecule has 1 aromatic rings. The number of ether oxygens (including phenoxy) is 3. The maximum atomic E-state index is 12.5. The first-order valence-corrected chi connectivity index (χ1v) is 8.64. The number of carbonyl (C=O) groups is 2.